The van der Waals surface area contributed by atoms with Crippen molar-refractivity contribution in [2.24, 2.45) is 5.92 Å². The van der Waals surface area contributed by atoms with Crippen molar-refractivity contribution in [3.8, 4) is 0 Å². The number of hydrogen-bond acceptors (Lipinski definition) is 4. The van der Waals surface area contributed by atoms with Crippen LogP contribution in [0.3, 0.4) is 0 Å². The number of amides is 2. The molecule has 132 valence electrons. The van der Waals surface area contributed by atoms with Crippen LogP contribution in [0.4, 0.5) is 5.69 Å². The number of nitrogens with one attached hydrogen (secondary N) is 2. The van der Waals surface area contributed by atoms with E-state index in [0.717, 1.165) is 10.7 Å². The fraction of sp³-hybridized carbons (Fsp3) is 0.467. The number of halogens is 1. The molecule has 7 nitrogen and oxygen atoms in total. The second-order valence-electron chi connectivity index (χ2n) is 5.73. The Balaban J connectivity index is 1.81. The third-order valence-electron chi connectivity index (χ3n) is 3.78. The van der Waals surface area contributed by atoms with Crippen molar-refractivity contribution in [3.05, 3.63) is 28.7 Å². The van der Waals surface area contributed by atoms with E-state index in [1.807, 2.05) is 0 Å². The van der Waals surface area contributed by atoms with E-state index in [1.54, 1.807) is 24.3 Å². The average molecular weight is 418 g/mol. The number of nitrogens with zero attached hydrogens (tertiary/aromatic N) is 1. The summed E-state index contributed by atoms with van der Waals surface area (Å²) in [6, 6.07) is 7.09. The summed E-state index contributed by atoms with van der Waals surface area (Å²) in [5, 5.41) is 5.25. The number of piperidine rings is 1. The zero-order valence-electron chi connectivity index (χ0n) is 13.3. The van der Waals surface area contributed by atoms with Crippen LogP contribution in [0.25, 0.3) is 0 Å². The zero-order chi connectivity index (χ0) is 17.7. The largest absolute Gasteiger partial charge is 0.347 e. The number of anilines is 1. The Morgan fingerprint density at radius 3 is 2.58 bits per heavy atom. The molecule has 0 aliphatic carbocycles. The maximum atomic E-state index is 12.2. The molecular weight excluding hydrogens is 398 g/mol. The summed E-state index contributed by atoms with van der Waals surface area (Å²) in [6.07, 6.45) is 2.39. The van der Waals surface area contributed by atoms with Crippen LogP contribution in [0.1, 0.15) is 12.8 Å². The standard InChI is InChI=1S/C15H20BrN3O4S/c1-24(22,23)19-8-2-3-11(10-19)15(21)17-9-14(20)18-13-6-4-12(16)5-7-13/h4-7,11H,2-3,8-10H2,1H3,(H,17,21)(H,18,20). The summed E-state index contributed by atoms with van der Waals surface area (Å²) >= 11 is 3.31. The molecule has 24 heavy (non-hydrogen) atoms. The van der Waals surface area contributed by atoms with Crippen LogP contribution < -0.4 is 10.6 Å². The molecule has 1 aliphatic rings. The molecule has 1 atom stereocenters. The summed E-state index contributed by atoms with van der Waals surface area (Å²) in [5.41, 5.74) is 0.637. The van der Waals surface area contributed by atoms with Gasteiger partial charge in [-0.15, -0.1) is 0 Å². The Kier molecular flexibility index (Phi) is 6.36. The van der Waals surface area contributed by atoms with Gasteiger partial charge in [-0.3, -0.25) is 9.59 Å². The molecule has 0 radical (unpaired) electrons. The molecule has 1 aromatic rings. The Morgan fingerprint density at radius 1 is 1.29 bits per heavy atom. The molecule has 2 rings (SSSR count). The van der Waals surface area contributed by atoms with E-state index in [4.69, 9.17) is 0 Å². The summed E-state index contributed by atoms with van der Waals surface area (Å²) in [4.78, 5) is 24.0. The lowest BCUT2D eigenvalue weighted by Crippen LogP contribution is -2.46. The number of sulfonamides is 1. The monoisotopic (exact) mass is 417 g/mol. The van der Waals surface area contributed by atoms with Gasteiger partial charge in [0.15, 0.2) is 0 Å². The number of benzene rings is 1. The zero-order valence-corrected chi connectivity index (χ0v) is 15.7. The highest BCUT2D eigenvalue weighted by atomic mass is 79.9. The van der Waals surface area contributed by atoms with E-state index in [2.05, 4.69) is 26.6 Å². The molecule has 1 aliphatic heterocycles. The molecule has 1 heterocycles. The van der Waals surface area contributed by atoms with Crippen LogP contribution in [0, 0.1) is 5.92 Å². The molecule has 2 amide bonds. The van der Waals surface area contributed by atoms with Crippen LogP contribution in [0.15, 0.2) is 28.7 Å². The van der Waals surface area contributed by atoms with Crippen LogP contribution >= 0.6 is 15.9 Å². The van der Waals surface area contributed by atoms with Gasteiger partial charge in [0.25, 0.3) is 0 Å². The highest BCUT2D eigenvalue weighted by Gasteiger charge is 2.30. The van der Waals surface area contributed by atoms with Crippen molar-refractivity contribution in [1.82, 2.24) is 9.62 Å². The van der Waals surface area contributed by atoms with E-state index in [0.29, 0.717) is 25.1 Å². The fourth-order valence-corrected chi connectivity index (χ4v) is 3.68. The van der Waals surface area contributed by atoms with Gasteiger partial charge in [-0.1, -0.05) is 15.9 Å². The van der Waals surface area contributed by atoms with Crippen LogP contribution in [0.5, 0.6) is 0 Å². The van der Waals surface area contributed by atoms with E-state index >= 15 is 0 Å². The van der Waals surface area contributed by atoms with E-state index in [1.165, 1.54) is 4.31 Å². The van der Waals surface area contributed by atoms with Gasteiger partial charge in [-0.25, -0.2) is 12.7 Å². The minimum absolute atomic E-state index is 0.149. The molecule has 1 aromatic carbocycles. The van der Waals surface area contributed by atoms with E-state index < -0.39 is 15.9 Å². The number of rotatable bonds is 5. The fourth-order valence-electron chi connectivity index (χ4n) is 2.51. The lowest BCUT2D eigenvalue weighted by molar-refractivity contribution is -0.128. The van der Waals surface area contributed by atoms with Gasteiger partial charge >= 0.3 is 0 Å². The molecule has 1 unspecified atom stereocenters. The first-order valence-electron chi connectivity index (χ1n) is 7.54. The van der Waals surface area contributed by atoms with Crippen molar-refractivity contribution < 1.29 is 18.0 Å². The molecule has 1 fully saturated rings. The molecule has 0 saturated carbocycles. The molecule has 9 heteroatoms. The Bertz CT molecular complexity index is 706. The maximum Gasteiger partial charge on any atom is 0.243 e. The molecule has 1 saturated heterocycles. The van der Waals surface area contributed by atoms with Gasteiger partial charge in [-0.05, 0) is 37.1 Å². The second kappa shape index (κ2) is 8.09. The van der Waals surface area contributed by atoms with Crippen LogP contribution in [-0.2, 0) is 19.6 Å². The Morgan fingerprint density at radius 2 is 1.96 bits per heavy atom. The molecule has 0 bridgehead atoms. The smallest absolute Gasteiger partial charge is 0.243 e. The number of hydrogen-bond donors (Lipinski definition) is 2. The summed E-state index contributed by atoms with van der Waals surface area (Å²) in [7, 11) is -3.30. The number of carbonyl (C=O) groups is 2. The van der Waals surface area contributed by atoms with E-state index in [-0.39, 0.29) is 24.9 Å². The third-order valence-corrected chi connectivity index (χ3v) is 5.57. The Labute approximate surface area is 150 Å². The topological polar surface area (TPSA) is 95.6 Å². The van der Waals surface area contributed by atoms with Gasteiger partial charge in [0.2, 0.25) is 21.8 Å². The summed E-state index contributed by atoms with van der Waals surface area (Å²) < 4.78 is 25.4. The normalized spacial score (nSPS) is 18.8. The lowest BCUT2D eigenvalue weighted by atomic mass is 9.99. The molecule has 0 aromatic heterocycles. The third kappa shape index (κ3) is 5.57. The molecule has 0 spiro atoms. The van der Waals surface area contributed by atoms with Crippen LogP contribution in [-0.4, -0.2) is 50.4 Å². The minimum Gasteiger partial charge on any atom is -0.347 e. The highest BCUT2D eigenvalue weighted by Crippen LogP contribution is 2.18. The summed E-state index contributed by atoms with van der Waals surface area (Å²) in [6.45, 7) is 0.454. The Hall–Kier alpha value is -1.45. The lowest BCUT2D eigenvalue weighted by Gasteiger charge is -2.30. The van der Waals surface area contributed by atoms with Crippen molar-refractivity contribution in [2.75, 3.05) is 31.2 Å². The predicted octanol–water partition coefficient (Wildman–Crippen LogP) is 1.18. The average Bonchev–Trinajstić information content (AvgIpc) is 2.54. The molecular formula is C15H20BrN3O4S. The van der Waals surface area contributed by atoms with Crippen LogP contribution in [0.2, 0.25) is 0 Å². The van der Waals surface area contributed by atoms with Crippen molar-refractivity contribution >= 4 is 43.5 Å². The van der Waals surface area contributed by atoms with Crippen molar-refractivity contribution in [3.63, 3.8) is 0 Å². The highest BCUT2D eigenvalue weighted by molar-refractivity contribution is 9.10. The SMILES string of the molecule is CS(=O)(=O)N1CCCC(C(=O)NCC(=O)Nc2ccc(Br)cc2)C1. The van der Waals surface area contributed by atoms with E-state index in [9.17, 15) is 18.0 Å². The minimum atomic E-state index is -3.30. The summed E-state index contributed by atoms with van der Waals surface area (Å²) in [5.74, 6) is -1.05. The first kappa shape index (κ1) is 18.9. The van der Waals surface area contributed by atoms with Gasteiger partial charge < -0.3 is 10.6 Å². The quantitative estimate of drug-likeness (QED) is 0.751. The van der Waals surface area contributed by atoms with Crippen molar-refractivity contribution in [1.29, 1.82) is 0 Å². The number of carbonyl (C=O) groups excluding carboxylic acids is 2. The second-order valence-corrected chi connectivity index (χ2v) is 8.63. The maximum absolute atomic E-state index is 12.2. The van der Waals surface area contributed by atoms with Gasteiger partial charge in [-0.2, -0.15) is 0 Å². The van der Waals surface area contributed by atoms with Crippen molar-refractivity contribution in [2.45, 2.75) is 12.8 Å². The van der Waals surface area contributed by atoms with Gasteiger partial charge in [0.1, 0.15) is 0 Å². The first-order chi connectivity index (χ1) is 11.3. The first-order valence-corrected chi connectivity index (χ1v) is 10.2. The molecule has 2 N–H and O–H groups in total. The van der Waals surface area contributed by atoms with Gasteiger partial charge in [0, 0.05) is 23.2 Å². The van der Waals surface area contributed by atoms with Gasteiger partial charge in [0.05, 0.1) is 18.7 Å². The predicted molar refractivity (Wildman–Crippen MR) is 94.9 cm³/mol.